The maximum atomic E-state index is 12.4. The van der Waals surface area contributed by atoms with Crippen LogP contribution in [0.4, 0.5) is 4.79 Å². The van der Waals surface area contributed by atoms with Gasteiger partial charge in [-0.15, -0.1) is 6.58 Å². The number of aliphatic carboxylic acids is 1. The standard InChI is InChI=1S/C26H30N2O6/c1-3-4-13-22(25(30)31)28-24(29)23(33-2)14-15-27-26(32)34-16-21-19-11-7-5-9-17(19)18-10-6-8-12-20(18)21/h3,5-12,21-23H,1,4,13-16H2,2H3,(H,27,32)(H,28,29)(H,30,31). The first-order valence-electron chi connectivity index (χ1n) is 11.2. The van der Waals surface area contributed by atoms with Crippen LogP contribution in [0.2, 0.25) is 0 Å². The summed E-state index contributed by atoms with van der Waals surface area (Å²) in [6, 6.07) is 15.1. The van der Waals surface area contributed by atoms with E-state index in [1.807, 2.05) is 36.4 Å². The number of nitrogens with one attached hydrogen (secondary N) is 2. The van der Waals surface area contributed by atoms with E-state index in [0.717, 1.165) is 22.3 Å². The lowest BCUT2D eigenvalue weighted by Gasteiger charge is -2.19. The molecule has 2 aromatic carbocycles. The van der Waals surface area contributed by atoms with Gasteiger partial charge in [-0.1, -0.05) is 54.6 Å². The third kappa shape index (κ3) is 6.02. The predicted molar refractivity (Wildman–Crippen MR) is 127 cm³/mol. The summed E-state index contributed by atoms with van der Waals surface area (Å²) in [6.45, 7) is 3.88. The van der Waals surface area contributed by atoms with Crippen LogP contribution in [0.3, 0.4) is 0 Å². The lowest BCUT2D eigenvalue weighted by atomic mass is 9.98. The second-order valence-corrected chi connectivity index (χ2v) is 8.03. The van der Waals surface area contributed by atoms with Crippen molar-refractivity contribution in [1.29, 1.82) is 0 Å². The van der Waals surface area contributed by atoms with E-state index in [4.69, 9.17) is 9.47 Å². The molecule has 2 aromatic rings. The second-order valence-electron chi connectivity index (χ2n) is 8.03. The minimum absolute atomic E-state index is 0.0424. The first-order chi connectivity index (χ1) is 16.5. The van der Waals surface area contributed by atoms with Crippen LogP contribution in [0.5, 0.6) is 0 Å². The molecule has 2 amide bonds. The quantitative estimate of drug-likeness (QED) is 0.413. The van der Waals surface area contributed by atoms with E-state index in [0.29, 0.717) is 6.42 Å². The Labute approximate surface area is 199 Å². The number of hydrogen-bond donors (Lipinski definition) is 3. The van der Waals surface area contributed by atoms with E-state index in [2.05, 4.69) is 29.3 Å². The average molecular weight is 467 g/mol. The molecule has 3 rings (SSSR count). The number of methoxy groups -OCH3 is 1. The number of carbonyl (C=O) groups is 3. The summed E-state index contributed by atoms with van der Waals surface area (Å²) in [5, 5.41) is 14.4. The largest absolute Gasteiger partial charge is 0.480 e. The summed E-state index contributed by atoms with van der Waals surface area (Å²) >= 11 is 0. The van der Waals surface area contributed by atoms with Crippen LogP contribution in [0.1, 0.15) is 36.3 Å². The molecule has 1 aliphatic rings. The molecular weight excluding hydrogens is 436 g/mol. The van der Waals surface area contributed by atoms with Gasteiger partial charge >= 0.3 is 12.1 Å². The van der Waals surface area contributed by atoms with Gasteiger partial charge < -0.3 is 25.2 Å². The first-order valence-corrected chi connectivity index (χ1v) is 11.2. The number of hydrogen-bond acceptors (Lipinski definition) is 5. The van der Waals surface area contributed by atoms with Gasteiger partial charge in [-0.05, 0) is 35.1 Å². The molecule has 0 bridgehead atoms. The number of alkyl carbamates (subject to hydrolysis) is 1. The number of allylic oxidation sites excluding steroid dienone is 1. The van der Waals surface area contributed by atoms with E-state index in [1.165, 1.54) is 7.11 Å². The zero-order chi connectivity index (χ0) is 24.5. The van der Waals surface area contributed by atoms with E-state index < -0.39 is 30.1 Å². The van der Waals surface area contributed by atoms with Crippen LogP contribution in [0.25, 0.3) is 11.1 Å². The summed E-state index contributed by atoms with van der Waals surface area (Å²) in [5.74, 6) is -1.71. The maximum absolute atomic E-state index is 12.4. The predicted octanol–water partition coefficient (Wildman–Crippen LogP) is 3.47. The smallest absolute Gasteiger partial charge is 0.407 e. The van der Waals surface area contributed by atoms with Crippen molar-refractivity contribution in [2.45, 2.75) is 37.3 Å². The van der Waals surface area contributed by atoms with E-state index in [1.54, 1.807) is 6.08 Å². The fraction of sp³-hybridized carbons (Fsp3) is 0.346. The molecule has 0 spiro atoms. The molecule has 3 N–H and O–H groups in total. The summed E-state index contributed by atoms with van der Waals surface area (Å²) in [7, 11) is 1.36. The Bertz CT molecular complexity index is 992. The highest BCUT2D eigenvalue weighted by Gasteiger charge is 2.29. The van der Waals surface area contributed by atoms with Gasteiger partial charge in [0.15, 0.2) is 0 Å². The lowest BCUT2D eigenvalue weighted by Crippen LogP contribution is -2.46. The highest BCUT2D eigenvalue weighted by molar-refractivity contribution is 5.86. The number of carboxylic acids is 1. The van der Waals surface area contributed by atoms with Crippen molar-refractivity contribution >= 4 is 18.0 Å². The molecule has 1 aliphatic carbocycles. The van der Waals surface area contributed by atoms with Gasteiger partial charge in [-0.25, -0.2) is 9.59 Å². The molecule has 0 heterocycles. The van der Waals surface area contributed by atoms with Gasteiger partial charge in [0.1, 0.15) is 18.8 Å². The molecule has 8 heteroatoms. The van der Waals surface area contributed by atoms with Crippen LogP contribution >= 0.6 is 0 Å². The van der Waals surface area contributed by atoms with Gasteiger partial charge in [0.2, 0.25) is 5.91 Å². The highest BCUT2D eigenvalue weighted by Crippen LogP contribution is 2.44. The molecule has 0 saturated carbocycles. The summed E-state index contributed by atoms with van der Waals surface area (Å²) < 4.78 is 10.7. The Hall–Kier alpha value is -3.65. The zero-order valence-electron chi connectivity index (χ0n) is 19.2. The molecule has 0 saturated heterocycles. The molecule has 180 valence electrons. The minimum Gasteiger partial charge on any atom is -0.480 e. The fourth-order valence-corrected chi connectivity index (χ4v) is 4.12. The molecule has 8 nitrogen and oxygen atoms in total. The number of ether oxygens (including phenoxy) is 2. The van der Waals surface area contributed by atoms with Gasteiger partial charge in [-0.3, -0.25) is 4.79 Å². The highest BCUT2D eigenvalue weighted by atomic mass is 16.5. The molecule has 0 fully saturated rings. The number of benzene rings is 2. The van der Waals surface area contributed by atoms with Crippen LogP contribution < -0.4 is 10.6 Å². The van der Waals surface area contributed by atoms with E-state index in [9.17, 15) is 19.5 Å². The Kier molecular flexibility index (Phi) is 8.81. The van der Waals surface area contributed by atoms with Crippen molar-refractivity contribution in [3.63, 3.8) is 0 Å². The molecule has 0 aromatic heterocycles. The van der Waals surface area contributed by atoms with Crippen molar-refractivity contribution in [3.05, 3.63) is 72.3 Å². The number of rotatable bonds is 12. The van der Waals surface area contributed by atoms with Crippen LogP contribution in [-0.2, 0) is 19.1 Å². The SMILES string of the molecule is C=CCCC(NC(=O)C(CCNC(=O)OCC1c2ccccc2-c2ccccc21)OC)C(=O)O. The number of fused-ring (bicyclic) bond motifs is 3. The van der Waals surface area contributed by atoms with Gasteiger partial charge in [0.25, 0.3) is 0 Å². The van der Waals surface area contributed by atoms with Crippen molar-refractivity contribution in [2.75, 3.05) is 20.3 Å². The molecule has 34 heavy (non-hydrogen) atoms. The zero-order valence-corrected chi connectivity index (χ0v) is 19.2. The minimum atomic E-state index is -1.12. The monoisotopic (exact) mass is 466 g/mol. The Morgan fingerprint density at radius 3 is 2.24 bits per heavy atom. The van der Waals surface area contributed by atoms with E-state index >= 15 is 0 Å². The third-order valence-corrected chi connectivity index (χ3v) is 5.87. The second kappa shape index (κ2) is 12.0. The number of carbonyl (C=O) groups excluding carboxylic acids is 2. The summed E-state index contributed by atoms with van der Waals surface area (Å²) in [5.41, 5.74) is 4.54. The lowest BCUT2D eigenvalue weighted by molar-refractivity contribution is -0.144. The topological polar surface area (TPSA) is 114 Å². The maximum Gasteiger partial charge on any atom is 0.407 e. The Balaban J connectivity index is 1.48. The Morgan fingerprint density at radius 1 is 1.06 bits per heavy atom. The van der Waals surface area contributed by atoms with Crippen LogP contribution in [0, 0.1) is 0 Å². The van der Waals surface area contributed by atoms with Gasteiger partial charge in [0.05, 0.1) is 0 Å². The van der Waals surface area contributed by atoms with Crippen molar-refractivity contribution in [2.24, 2.45) is 0 Å². The number of amides is 2. The Morgan fingerprint density at radius 2 is 1.68 bits per heavy atom. The number of carboxylic acid groups (broad SMARTS) is 1. The summed E-state index contributed by atoms with van der Waals surface area (Å²) in [4.78, 5) is 36.0. The van der Waals surface area contributed by atoms with Crippen LogP contribution in [-0.4, -0.2) is 55.5 Å². The normalized spacial score (nSPS) is 13.8. The molecule has 0 aliphatic heterocycles. The van der Waals surface area contributed by atoms with Gasteiger partial charge in [-0.2, -0.15) is 0 Å². The molecular formula is C26H30N2O6. The van der Waals surface area contributed by atoms with Crippen molar-refractivity contribution in [1.82, 2.24) is 10.6 Å². The molecule has 2 unspecified atom stereocenters. The first kappa shape index (κ1) is 25.0. The van der Waals surface area contributed by atoms with Crippen LogP contribution in [0.15, 0.2) is 61.2 Å². The average Bonchev–Trinajstić information content (AvgIpc) is 3.16. The summed E-state index contributed by atoms with van der Waals surface area (Å²) in [6.07, 6.45) is 0.956. The van der Waals surface area contributed by atoms with Crippen molar-refractivity contribution in [3.8, 4) is 11.1 Å². The molecule has 2 atom stereocenters. The van der Waals surface area contributed by atoms with E-state index in [-0.39, 0.29) is 31.9 Å². The third-order valence-electron chi connectivity index (χ3n) is 5.87. The van der Waals surface area contributed by atoms with Crippen molar-refractivity contribution < 1.29 is 29.0 Å². The van der Waals surface area contributed by atoms with Gasteiger partial charge in [0, 0.05) is 26.0 Å². The molecule has 0 radical (unpaired) electrons. The fourth-order valence-electron chi connectivity index (χ4n) is 4.12.